The van der Waals surface area contributed by atoms with Crippen molar-refractivity contribution < 1.29 is 14.3 Å². The molecule has 0 atom stereocenters. The highest BCUT2D eigenvalue weighted by Crippen LogP contribution is 2.30. The molecule has 0 spiro atoms. The molecule has 0 unspecified atom stereocenters. The molecular weight excluding hydrogens is 600 g/mol. The van der Waals surface area contributed by atoms with Crippen molar-refractivity contribution in [2.24, 2.45) is 0 Å². The van der Waals surface area contributed by atoms with Crippen molar-refractivity contribution in [2.75, 3.05) is 50.5 Å². The van der Waals surface area contributed by atoms with Gasteiger partial charge in [-0.3, -0.25) is 9.69 Å². The van der Waals surface area contributed by atoms with E-state index in [0.717, 1.165) is 41.9 Å². The number of likely N-dealkylation sites (N-methyl/N-ethyl adjacent to an activating group) is 2. The smallest absolute Gasteiger partial charge is 0.391 e. The largest absolute Gasteiger partial charge is 0.420 e. The van der Waals surface area contributed by atoms with Gasteiger partial charge < -0.3 is 19.9 Å². The van der Waals surface area contributed by atoms with Crippen LogP contribution in [0.5, 0.6) is 5.88 Å². The Bertz CT molecular complexity index is 1710. The molecule has 0 aliphatic rings. The van der Waals surface area contributed by atoms with Crippen LogP contribution in [-0.4, -0.2) is 72.0 Å². The van der Waals surface area contributed by atoms with E-state index in [2.05, 4.69) is 42.9 Å². The van der Waals surface area contributed by atoms with E-state index in [1.165, 1.54) is 10.5 Å². The monoisotopic (exact) mass is 642 g/mol. The summed E-state index contributed by atoms with van der Waals surface area (Å²) in [6, 6.07) is 18.2. The molecule has 3 aromatic carbocycles. The summed E-state index contributed by atoms with van der Waals surface area (Å²) in [5.74, 6) is 0.286. The Morgan fingerprint density at radius 3 is 2.17 bits per heavy atom. The number of halogens is 1. The zero-order valence-electron chi connectivity index (χ0n) is 27.9. The van der Waals surface area contributed by atoms with E-state index in [0.29, 0.717) is 34.2 Å². The van der Waals surface area contributed by atoms with Crippen molar-refractivity contribution in [1.29, 1.82) is 0 Å². The standard InChI is InChI=1S/C36H43ClN6O3/c1-9-43(10-2)20-19-41(7)34(44)27-13-16-29(17-14-27)38-35-39-31(30-18-12-23(3)25(5)26(30)6)22-33(40-35)46-36(45)42(8)32-21-28(37)15-11-24(32)4/h11-18,21-22H,9-10,19-20H2,1-8H3,(H,38,39,40). The van der Waals surface area contributed by atoms with E-state index < -0.39 is 6.09 Å². The van der Waals surface area contributed by atoms with E-state index in [9.17, 15) is 9.59 Å². The first-order chi connectivity index (χ1) is 21.9. The van der Waals surface area contributed by atoms with Crippen LogP contribution in [0, 0.1) is 27.7 Å². The van der Waals surface area contributed by atoms with Gasteiger partial charge in [-0.15, -0.1) is 0 Å². The van der Waals surface area contributed by atoms with E-state index >= 15 is 0 Å². The van der Waals surface area contributed by atoms with Gasteiger partial charge in [0.2, 0.25) is 11.8 Å². The lowest BCUT2D eigenvalue weighted by atomic mass is 9.97. The molecule has 9 nitrogen and oxygen atoms in total. The first kappa shape index (κ1) is 34.4. The molecule has 10 heteroatoms. The number of hydrogen-bond donors (Lipinski definition) is 1. The van der Waals surface area contributed by atoms with Gasteiger partial charge in [0.15, 0.2) is 0 Å². The van der Waals surface area contributed by atoms with Gasteiger partial charge in [-0.2, -0.15) is 4.98 Å². The Labute approximate surface area is 277 Å². The van der Waals surface area contributed by atoms with Crippen molar-refractivity contribution in [3.8, 4) is 17.1 Å². The molecule has 0 bridgehead atoms. The minimum absolute atomic E-state index is 0.0459. The number of rotatable bonds is 11. The minimum Gasteiger partial charge on any atom is -0.391 e. The van der Waals surface area contributed by atoms with Gasteiger partial charge in [0.1, 0.15) is 0 Å². The van der Waals surface area contributed by atoms with Gasteiger partial charge in [-0.05, 0) is 99.4 Å². The molecule has 0 aliphatic carbocycles. The average Bonchev–Trinajstić information content (AvgIpc) is 3.04. The van der Waals surface area contributed by atoms with Crippen LogP contribution in [0.1, 0.15) is 46.5 Å². The highest BCUT2D eigenvalue weighted by Gasteiger charge is 2.19. The Morgan fingerprint density at radius 2 is 1.50 bits per heavy atom. The topological polar surface area (TPSA) is 90.9 Å². The maximum Gasteiger partial charge on any atom is 0.420 e. The van der Waals surface area contributed by atoms with E-state index in [-0.39, 0.29) is 17.7 Å². The number of anilines is 3. The van der Waals surface area contributed by atoms with Crippen molar-refractivity contribution in [2.45, 2.75) is 41.5 Å². The van der Waals surface area contributed by atoms with Crippen molar-refractivity contribution in [3.63, 3.8) is 0 Å². The molecule has 242 valence electrons. The summed E-state index contributed by atoms with van der Waals surface area (Å²) < 4.78 is 5.79. The quantitative estimate of drug-likeness (QED) is 0.178. The zero-order valence-corrected chi connectivity index (χ0v) is 28.7. The molecule has 0 saturated heterocycles. The van der Waals surface area contributed by atoms with Crippen LogP contribution in [0.4, 0.5) is 22.1 Å². The lowest BCUT2D eigenvalue weighted by Crippen LogP contribution is -2.36. The zero-order chi connectivity index (χ0) is 33.5. The minimum atomic E-state index is -0.620. The summed E-state index contributed by atoms with van der Waals surface area (Å²) in [7, 11) is 3.44. The summed E-state index contributed by atoms with van der Waals surface area (Å²) in [4.78, 5) is 41.0. The molecule has 0 radical (unpaired) electrons. The SMILES string of the molecule is CCN(CC)CCN(C)C(=O)c1ccc(Nc2nc(OC(=O)N(C)c3cc(Cl)ccc3C)cc(-c3ccc(C)c(C)c3C)n2)cc1. The van der Waals surface area contributed by atoms with Gasteiger partial charge in [0, 0.05) is 55.1 Å². The molecule has 1 N–H and O–H groups in total. The van der Waals surface area contributed by atoms with Gasteiger partial charge in [0.25, 0.3) is 5.91 Å². The Hall–Kier alpha value is -4.47. The van der Waals surface area contributed by atoms with Crippen molar-refractivity contribution >= 4 is 40.9 Å². The van der Waals surface area contributed by atoms with Crippen LogP contribution in [0.3, 0.4) is 0 Å². The molecule has 0 aliphatic heterocycles. The maximum absolute atomic E-state index is 13.3. The second kappa shape index (κ2) is 15.2. The van der Waals surface area contributed by atoms with Crippen LogP contribution in [0.2, 0.25) is 5.02 Å². The number of carbonyl (C=O) groups is 2. The molecule has 0 saturated carbocycles. The summed E-state index contributed by atoms with van der Waals surface area (Å²) in [5, 5.41) is 3.74. The Morgan fingerprint density at radius 1 is 0.826 bits per heavy atom. The molecular formula is C36H43ClN6O3. The van der Waals surface area contributed by atoms with E-state index in [1.54, 1.807) is 42.3 Å². The first-order valence-corrected chi connectivity index (χ1v) is 15.8. The lowest BCUT2D eigenvalue weighted by Gasteiger charge is -2.23. The lowest BCUT2D eigenvalue weighted by molar-refractivity contribution is 0.0779. The predicted molar refractivity (Wildman–Crippen MR) is 187 cm³/mol. The van der Waals surface area contributed by atoms with Crippen molar-refractivity contribution in [1.82, 2.24) is 19.8 Å². The number of hydrogen-bond acceptors (Lipinski definition) is 7. The number of nitrogens with zero attached hydrogens (tertiary/aromatic N) is 5. The van der Waals surface area contributed by atoms with Gasteiger partial charge in [-0.1, -0.05) is 43.6 Å². The van der Waals surface area contributed by atoms with Crippen LogP contribution in [0.15, 0.2) is 60.7 Å². The number of ether oxygens (including phenoxy) is 1. The summed E-state index contributed by atoms with van der Waals surface area (Å²) in [6.45, 7) is 15.7. The third-order valence-electron chi connectivity index (χ3n) is 8.42. The molecule has 4 aromatic rings. The number of aromatic nitrogens is 2. The van der Waals surface area contributed by atoms with Gasteiger partial charge in [-0.25, -0.2) is 9.78 Å². The van der Waals surface area contributed by atoms with Crippen LogP contribution in [0.25, 0.3) is 11.3 Å². The maximum atomic E-state index is 13.3. The second-order valence-corrected chi connectivity index (χ2v) is 11.8. The molecule has 1 heterocycles. The average molecular weight is 643 g/mol. The number of benzene rings is 3. The van der Waals surface area contributed by atoms with Crippen molar-refractivity contribution in [3.05, 3.63) is 93.5 Å². The predicted octanol–water partition coefficient (Wildman–Crippen LogP) is 7.82. The number of aryl methyl sites for hydroxylation is 2. The van der Waals surface area contributed by atoms with Crippen LogP contribution >= 0.6 is 11.6 Å². The highest BCUT2D eigenvalue weighted by atomic mass is 35.5. The Kier molecular flexibility index (Phi) is 11.4. The van der Waals surface area contributed by atoms with Gasteiger partial charge >= 0.3 is 6.09 Å². The Balaban J connectivity index is 1.61. The van der Waals surface area contributed by atoms with E-state index in [4.69, 9.17) is 21.3 Å². The third-order valence-corrected chi connectivity index (χ3v) is 8.65. The third kappa shape index (κ3) is 8.21. The van der Waals surface area contributed by atoms with Crippen LogP contribution in [-0.2, 0) is 0 Å². The first-order valence-electron chi connectivity index (χ1n) is 15.4. The summed E-state index contributed by atoms with van der Waals surface area (Å²) in [6.07, 6.45) is -0.620. The fourth-order valence-corrected chi connectivity index (χ4v) is 5.25. The van der Waals surface area contributed by atoms with E-state index in [1.807, 2.05) is 51.2 Å². The number of nitrogens with one attached hydrogen (secondary N) is 1. The molecule has 4 rings (SSSR count). The molecule has 2 amide bonds. The fraction of sp³-hybridized carbons (Fsp3) is 0.333. The molecule has 1 aromatic heterocycles. The molecule has 0 fully saturated rings. The highest BCUT2D eigenvalue weighted by molar-refractivity contribution is 6.31. The summed E-state index contributed by atoms with van der Waals surface area (Å²) >= 11 is 6.20. The summed E-state index contributed by atoms with van der Waals surface area (Å²) in [5.41, 5.74) is 7.67. The van der Waals surface area contributed by atoms with Crippen LogP contribution < -0.4 is 15.0 Å². The second-order valence-electron chi connectivity index (χ2n) is 11.4. The number of carbonyl (C=O) groups excluding carboxylic acids is 2. The molecule has 46 heavy (non-hydrogen) atoms. The van der Waals surface area contributed by atoms with Gasteiger partial charge in [0.05, 0.1) is 11.4 Å². The normalized spacial score (nSPS) is 11.0. The number of amides is 2. The fourth-order valence-electron chi connectivity index (χ4n) is 5.08.